The first-order chi connectivity index (χ1) is 8.29. The van der Waals surface area contributed by atoms with Gasteiger partial charge in [0.05, 0.1) is 5.52 Å². The van der Waals surface area contributed by atoms with Gasteiger partial charge in [-0.05, 0) is 23.9 Å². The van der Waals surface area contributed by atoms with E-state index in [1.54, 1.807) is 24.3 Å². The maximum Gasteiger partial charge on any atom is 0.464 e. The summed E-state index contributed by atoms with van der Waals surface area (Å²) in [5.74, 6) is 0. The first-order valence-corrected chi connectivity index (χ1v) is 5.59. The van der Waals surface area contributed by atoms with Crippen LogP contribution in [-0.2, 0) is 0 Å². The minimum Gasteiger partial charge on any atom is -0.255 e. The monoisotopic (exact) mass is 279 g/mol. The average molecular weight is 279 g/mol. The molecule has 0 radical (unpaired) electrons. The molecule has 0 saturated heterocycles. The topological polar surface area (TPSA) is 12.9 Å². The molecule has 0 saturated carbocycles. The van der Waals surface area contributed by atoms with Crippen LogP contribution in [0, 0.1) is 0 Å². The number of thioether (sulfide) groups is 1. The first-order valence-electron chi connectivity index (χ1n) is 4.78. The van der Waals surface area contributed by atoms with Gasteiger partial charge in [-0.15, -0.1) is 0 Å². The summed E-state index contributed by atoms with van der Waals surface area (Å²) in [6.45, 7) is 0. The molecule has 0 fully saturated rings. The number of hydrogen-bond donors (Lipinski definition) is 0. The second-order valence-electron chi connectivity index (χ2n) is 3.48. The van der Waals surface area contributed by atoms with Crippen LogP contribution in [0.3, 0.4) is 0 Å². The van der Waals surface area contributed by atoms with Gasteiger partial charge in [-0.1, -0.05) is 18.2 Å². The van der Waals surface area contributed by atoms with Crippen LogP contribution in [0.25, 0.3) is 10.9 Å². The Morgan fingerprint density at radius 1 is 1.00 bits per heavy atom. The molecule has 96 valence electrons. The smallest absolute Gasteiger partial charge is 0.255 e. The summed E-state index contributed by atoms with van der Waals surface area (Å²) in [6.07, 6.45) is -4.57. The predicted molar refractivity (Wildman–Crippen MR) is 58.6 cm³/mol. The highest BCUT2D eigenvalue weighted by Crippen LogP contribution is 2.47. The third-order valence-electron chi connectivity index (χ3n) is 2.14. The van der Waals surface area contributed by atoms with Gasteiger partial charge in [0, 0.05) is 16.5 Å². The first kappa shape index (κ1) is 13.1. The van der Waals surface area contributed by atoms with E-state index in [0.717, 1.165) is 6.20 Å². The quantitative estimate of drug-likeness (QED) is 0.593. The lowest BCUT2D eigenvalue weighted by Gasteiger charge is -2.18. The van der Waals surface area contributed by atoms with Crippen molar-refractivity contribution in [3.8, 4) is 0 Å². The van der Waals surface area contributed by atoms with Crippen LogP contribution in [0.1, 0.15) is 0 Å². The van der Waals surface area contributed by atoms with Crippen LogP contribution >= 0.6 is 11.8 Å². The average Bonchev–Trinajstić information content (AvgIpc) is 2.27. The molecule has 0 aliphatic rings. The van der Waals surface area contributed by atoms with Gasteiger partial charge in [-0.2, -0.15) is 22.0 Å². The Bertz CT molecular complexity index is 567. The van der Waals surface area contributed by atoms with E-state index in [1.807, 2.05) is 0 Å². The number of aromatic nitrogens is 1. The summed E-state index contributed by atoms with van der Waals surface area (Å²) in [4.78, 5) is 3.60. The lowest BCUT2D eigenvalue weighted by molar-refractivity contribution is -0.237. The highest BCUT2D eigenvalue weighted by molar-refractivity contribution is 8.00. The maximum atomic E-state index is 12.8. The molecule has 0 bridgehead atoms. The van der Waals surface area contributed by atoms with Gasteiger partial charge in [-0.25, -0.2) is 0 Å². The summed E-state index contributed by atoms with van der Waals surface area (Å²) in [7, 11) is 0. The zero-order valence-corrected chi connectivity index (χ0v) is 9.53. The second-order valence-corrected chi connectivity index (χ2v) is 4.67. The van der Waals surface area contributed by atoms with Crippen molar-refractivity contribution >= 4 is 22.7 Å². The zero-order chi connectivity index (χ0) is 13.4. The number of benzene rings is 1. The molecule has 0 amide bonds. The minimum absolute atomic E-state index is 0.226. The van der Waals surface area contributed by atoms with Crippen LogP contribution in [0.5, 0.6) is 0 Å². The van der Waals surface area contributed by atoms with Crippen molar-refractivity contribution in [1.29, 1.82) is 0 Å². The number of fused-ring (bicyclic) bond motifs is 1. The Morgan fingerprint density at radius 2 is 1.67 bits per heavy atom. The van der Waals surface area contributed by atoms with E-state index in [-0.39, 0.29) is 4.90 Å². The van der Waals surface area contributed by atoms with E-state index < -0.39 is 23.2 Å². The van der Waals surface area contributed by atoms with Gasteiger partial charge in [0.25, 0.3) is 0 Å². The highest BCUT2D eigenvalue weighted by atomic mass is 32.2. The molecular formula is C11H6F5NS. The molecule has 0 spiro atoms. The standard InChI is InChI=1S/C11H6F5NS/c12-10(13,14)11(15,16)18-8-5-7-3-1-2-4-9(7)17-6-8/h1-6H. The molecule has 0 aliphatic heterocycles. The van der Waals surface area contributed by atoms with Crippen LogP contribution in [0.2, 0.25) is 0 Å². The second kappa shape index (κ2) is 4.38. The van der Waals surface area contributed by atoms with E-state index in [4.69, 9.17) is 0 Å². The van der Waals surface area contributed by atoms with Crippen LogP contribution in [-0.4, -0.2) is 16.4 Å². The lowest BCUT2D eigenvalue weighted by atomic mass is 10.2. The fourth-order valence-electron chi connectivity index (χ4n) is 1.31. The van der Waals surface area contributed by atoms with Gasteiger partial charge >= 0.3 is 11.4 Å². The van der Waals surface area contributed by atoms with Crippen molar-refractivity contribution in [2.75, 3.05) is 0 Å². The summed E-state index contributed by atoms with van der Waals surface area (Å²) in [5, 5.41) is -4.31. The van der Waals surface area contributed by atoms with E-state index in [0.29, 0.717) is 10.9 Å². The normalized spacial score (nSPS) is 12.9. The largest absolute Gasteiger partial charge is 0.464 e. The SMILES string of the molecule is FC(F)(F)C(F)(F)Sc1cnc2ccccc2c1. The number of alkyl halides is 5. The Balaban J connectivity index is 2.33. The molecular weight excluding hydrogens is 273 g/mol. The van der Waals surface area contributed by atoms with Gasteiger partial charge in [-0.3, -0.25) is 4.98 Å². The van der Waals surface area contributed by atoms with Gasteiger partial charge in [0.2, 0.25) is 0 Å². The lowest BCUT2D eigenvalue weighted by Crippen LogP contribution is -2.32. The molecule has 1 aromatic carbocycles. The summed E-state index contributed by atoms with van der Waals surface area (Å²) >= 11 is -0.553. The van der Waals surface area contributed by atoms with Crippen molar-refractivity contribution in [2.24, 2.45) is 0 Å². The van der Waals surface area contributed by atoms with Crippen LogP contribution in [0.4, 0.5) is 22.0 Å². The number of rotatable bonds is 2. The Labute approximate surface area is 103 Å². The van der Waals surface area contributed by atoms with Crippen molar-refractivity contribution in [3.05, 3.63) is 36.5 Å². The van der Waals surface area contributed by atoms with Crippen molar-refractivity contribution in [2.45, 2.75) is 16.3 Å². The molecule has 7 heteroatoms. The maximum absolute atomic E-state index is 12.8. The third-order valence-corrected chi connectivity index (χ3v) is 3.09. The molecule has 0 N–H and O–H groups in total. The van der Waals surface area contributed by atoms with Crippen molar-refractivity contribution < 1.29 is 22.0 Å². The van der Waals surface area contributed by atoms with Crippen LogP contribution in [0.15, 0.2) is 41.4 Å². The molecule has 2 aromatic rings. The van der Waals surface area contributed by atoms with Crippen LogP contribution < -0.4 is 0 Å². The molecule has 1 aromatic heterocycles. The van der Waals surface area contributed by atoms with Gasteiger partial charge in [0.1, 0.15) is 0 Å². The Morgan fingerprint density at radius 3 is 2.33 bits per heavy atom. The summed E-state index contributed by atoms with van der Waals surface area (Å²) in [5.41, 5.74) is 0.539. The predicted octanol–water partition coefficient (Wildman–Crippen LogP) is 4.48. The van der Waals surface area contributed by atoms with Crippen molar-refractivity contribution in [1.82, 2.24) is 4.98 Å². The number of pyridine rings is 1. The molecule has 0 aliphatic carbocycles. The number of nitrogens with zero attached hydrogens (tertiary/aromatic N) is 1. The Hall–Kier alpha value is -1.37. The minimum atomic E-state index is -5.58. The third kappa shape index (κ3) is 2.55. The fourth-order valence-corrected chi connectivity index (χ4v) is 2.02. The molecule has 1 nitrogen and oxygen atoms in total. The number of hydrogen-bond acceptors (Lipinski definition) is 2. The van der Waals surface area contributed by atoms with E-state index in [9.17, 15) is 22.0 Å². The zero-order valence-electron chi connectivity index (χ0n) is 8.71. The van der Waals surface area contributed by atoms with Gasteiger partial charge < -0.3 is 0 Å². The van der Waals surface area contributed by atoms with Crippen molar-refractivity contribution in [3.63, 3.8) is 0 Å². The molecule has 0 atom stereocenters. The Kier molecular flexibility index (Phi) is 3.18. The summed E-state index contributed by atoms with van der Waals surface area (Å²) < 4.78 is 61.8. The highest BCUT2D eigenvalue weighted by Gasteiger charge is 2.58. The van der Waals surface area contributed by atoms with E-state index in [2.05, 4.69) is 4.98 Å². The molecule has 1 heterocycles. The molecule has 2 rings (SSSR count). The number of halogens is 5. The van der Waals surface area contributed by atoms with E-state index in [1.165, 1.54) is 6.07 Å². The van der Waals surface area contributed by atoms with E-state index >= 15 is 0 Å². The number of para-hydroxylation sites is 1. The molecule has 0 unspecified atom stereocenters. The fraction of sp³-hybridized carbons (Fsp3) is 0.182. The summed E-state index contributed by atoms with van der Waals surface area (Å²) in [6, 6.07) is 7.85. The molecule has 18 heavy (non-hydrogen) atoms. The van der Waals surface area contributed by atoms with Gasteiger partial charge in [0.15, 0.2) is 0 Å².